The summed E-state index contributed by atoms with van der Waals surface area (Å²) in [5.41, 5.74) is 7.09. The van der Waals surface area contributed by atoms with Crippen LogP contribution < -0.4 is 15.8 Å². The van der Waals surface area contributed by atoms with Crippen LogP contribution in [0.4, 0.5) is 11.4 Å². The maximum Gasteiger partial charge on any atom is 0.238 e. The Bertz CT molecular complexity index is 490. The number of methoxy groups -OCH3 is 1. The van der Waals surface area contributed by atoms with Gasteiger partial charge in [0.15, 0.2) is 0 Å². The molecule has 1 fully saturated rings. The molecule has 0 aromatic heterocycles. The molecule has 0 radical (unpaired) electrons. The van der Waals surface area contributed by atoms with E-state index in [0.29, 0.717) is 29.7 Å². The molecular weight excluding hydrogens is 266 g/mol. The van der Waals surface area contributed by atoms with Crippen LogP contribution in [0.1, 0.15) is 32.6 Å². The first-order valence-corrected chi connectivity index (χ1v) is 7.61. The van der Waals surface area contributed by atoms with E-state index in [1.807, 2.05) is 0 Å². The van der Waals surface area contributed by atoms with Gasteiger partial charge < -0.3 is 15.8 Å². The number of likely N-dealkylation sites (tertiary alicyclic amines) is 1. The number of nitrogens with zero attached hydrogens (tertiary/aromatic N) is 1. The third-order valence-electron chi connectivity index (χ3n) is 4.08. The number of nitrogen functional groups attached to an aromatic ring is 1. The Balaban J connectivity index is 1.93. The fourth-order valence-corrected chi connectivity index (χ4v) is 2.93. The second kappa shape index (κ2) is 7.31. The van der Waals surface area contributed by atoms with E-state index in [0.717, 1.165) is 13.0 Å². The molecule has 1 aliphatic rings. The lowest BCUT2D eigenvalue weighted by molar-refractivity contribution is -0.118. The molecule has 0 saturated carbocycles. The average Bonchev–Trinajstić information content (AvgIpc) is 2.48. The van der Waals surface area contributed by atoms with Crippen LogP contribution in [0.2, 0.25) is 0 Å². The van der Waals surface area contributed by atoms with E-state index in [2.05, 4.69) is 17.1 Å². The van der Waals surface area contributed by atoms with E-state index in [-0.39, 0.29) is 5.91 Å². The molecule has 1 amide bonds. The molecule has 5 nitrogen and oxygen atoms in total. The topological polar surface area (TPSA) is 67.6 Å². The highest BCUT2D eigenvalue weighted by molar-refractivity contribution is 5.93. The van der Waals surface area contributed by atoms with Crippen molar-refractivity contribution >= 4 is 17.3 Å². The van der Waals surface area contributed by atoms with Gasteiger partial charge in [-0.3, -0.25) is 9.69 Å². The van der Waals surface area contributed by atoms with Crippen molar-refractivity contribution in [2.75, 3.05) is 31.2 Å². The van der Waals surface area contributed by atoms with Crippen LogP contribution in [-0.2, 0) is 4.79 Å². The highest BCUT2D eigenvalue weighted by atomic mass is 16.5. The summed E-state index contributed by atoms with van der Waals surface area (Å²) in [6.07, 6.45) is 4.74. The SMILES string of the molecule is CCC1CCCCN1CC(=O)Nc1ccc(OC)c(N)c1. The molecule has 21 heavy (non-hydrogen) atoms. The van der Waals surface area contributed by atoms with Gasteiger partial charge in [0.1, 0.15) is 5.75 Å². The first-order valence-electron chi connectivity index (χ1n) is 7.61. The van der Waals surface area contributed by atoms with Gasteiger partial charge in [-0.25, -0.2) is 0 Å². The number of anilines is 2. The highest BCUT2D eigenvalue weighted by Gasteiger charge is 2.22. The molecule has 1 unspecified atom stereocenters. The molecule has 1 aromatic carbocycles. The summed E-state index contributed by atoms with van der Waals surface area (Å²) in [6.45, 7) is 3.65. The van der Waals surface area contributed by atoms with Crippen LogP contribution in [-0.4, -0.2) is 37.0 Å². The quantitative estimate of drug-likeness (QED) is 0.818. The molecule has 3 N–H and O–H groups in total. The van der Waals surface area contributed by atoms with E-state index in [1.54, 1.807) is 25.3 Å². The minimum Gasteiger partial charge on any atom is -0.495 e. The number of benzene rings is 1. The fourth-order valence-electron chi connectivity index (χ4n) is 2.93. The number of hydrogen-bond donors (Lipinski definition) is 2. The molecule has 0 bridgehead atoms. The molecule has 116 valence electrons. The van der Waals surface area contributed by atoms with Gasteiger partial charge >= 0.3 is 0 Å². The van der Waals surface area contributed by atoms with Gasteiger partial charge in [-0.1, -0.05) is 13.3 Å². The third kappa shape index (κ3) is 4.11. The Hall–Kier alpha value is -1.75. The number of piperidine rings is 1. The largest absolute Gasteiger partial charge is 0.495 e. The van der Waals surface area contributed by atoms with Crippen molar-refractivity contribution in [2.24, 2.45) is 0 Å². The second-order valence-electron chi connectivity index (χ2n) is 5.53. The maximum absolute atomic E-state index is 12.2. The Morgan fingerprint density at radius 3 is 2.95 bits per heavy atom. The fraction of sp³-hybridized carbons (Fsp3) is 0.562. The smallest absolute Gasteiger partial charge is 0.238 e. The van der Waals surface area contributed by atoms with E-state index in [1.165, 1.54) is 19.3 Å². The van der Waals surface area contributed by atoms with Crippen molar-refractivity contribution in [3.63, 3.8) is 0 Å². The van der Waals surface area contributed by atoms with E-state index >= 15 is 0 Å². The molecule has 0 spiro atoms. The summed E-state index contributed by atoms with van der Waals surface area (Å²) >= 11 is 0. The van der Waals surface area contributed by atoms with E-state index in [9.17, 15) is 4.79 Å². The van der Waals surface area contributed by atoms with Crippen molar-refractivity contribution in [3.05, 3.63) is 18.2 Å². The third-order valence-corrected chi connectivity index (χ3v) is 4.08. The van der Waals surface area contributed by atoms with E-state index < -0.39 is 0 Å². The predicted molar refractivity (Wildman–Crippen MR) is 85.5 cm³/mol. The van der Waals surface area contributed by atoms with Crippen molar-refractivity contribution in [3.8, 4) is 5.75 Å². The zero-order valence-electron chi connectivity index (χ0n) is 12.9. The van der Waals surface area contributed by atoms with Crippen LogP contribution in [0.15, 0.2) is 18.2 Å². The zero-order chi connectivity index (χ0) is 15.2. The van der Waals surface area contributed by atoms with E-state index in [4.69, 9.17) is 10.5 Å². The first-order chi connectivity index (χ1) is 10.1. The van der Waals surface area contributed by atoms with Crippen molar-refractivity contribution in [1.82, 2.24) is 4.90 Å². The molecule has 1 heterocycles. The molecule has 1 aliphatic heterocycles. The highest BCUT2D eigenvalue weighted by Crippen LogP contribution is 2.25. The minimum absolute atomic E-state index is 0.0138. The van der Waals surface area contributed by atoms with Gasteiger partial charge in [0.2, 0.25) is 5.91 Å². The molecule has 1 aromatic rings. The van der Waals surface area contributed by atoms with Gasteiger partial charge in [0.25, 0.3) is 0 Å². The molecule has 1 atom stereocenters. The summed E-state index contributed by atoms with van der Waals surface area (Å²) in [5, 5.41) is 2.91. The van der Waals surface area contributed by atoms with Gasteiger partial charge in [-0.05, 0) is 44.0 Å². The number of amides is 1. The maximum atomic E-state index is 12.2. The number of hydrogen-bond acceptors (Lipinski definition) is 4. The number of carbonyl (C=O) groups is 1. The van der Waals surface area contributed by atoms with Crippen molar-refractivity contribution in [1.29, 1.82) is 0 Å². The van der Waals surface area contributed by atoms with Crippen molar-refractivity contribution in [2.45, 2.75) is 38.6 Å². The number of nitrogens with one attached hydrogen (secondary N) is 1. The summed E-state index contributed by atoms with van der Waals surface area (Å²) in [7, 11) is 1.57. The summed E-state index contributed by atoms with van der Waals surface area (Å²) in [6, 6.07) is 5.83. The lowest BCUT2D eigenvalue weighted by Gasteiger charge is -2.34. The van der Waals surface area contributed by atoms with Gasteiger partial charge in [-0.15, -0.1) is 0 Å². The average molecular weight is 291 g/mol. The predicted octanol–water partition coefficient (Wildman–Crippen LogP) is 2.48. The number of ether oxygens (including phenoxy) is 1. The van der Waals surface area contributed by atoms with Crippen LogP contribution in [0, 0.1) is 0 Å². The summed E-state index contributed by atoms with van der Waals surface area (Å²) < 4.78 is 5.11. The first kappa shape index (κ1) is 15.6. The van der Waals surface area contributed by atoms with Crippen molar-refractivity contribution < 1.29 is 9.53 Å². The van der Waals surface area contributed by atoms with Gasteiger partial charge in [-0.2, -0.15) is 0 Å². The minimum atomic E-state index is 0.0138. The Morgan fingerprint density at radius 2 is 2.29 bits per heavy atom. The molecule has 5 heteroatoms. The molecule has 2 rings (SSSR count). The second-order valence-corrected chi connectivity index (χ2v) is 5.53. The van der Waals surface area contributed by atoms with Gasteiger partial charge in [0, 0.05) is 11.7 Å². The zero-order valence-corrected chi connectivity index (χ0v) is 12.9. The standard InChI is InChI=1S/C16H25N3O2/c1-3-13-6-4-5-9-19(13)11-16(20)18-12-7-8-15(21-2)14(17)10-12/h7-8,10,13H,3-6,9,11,17H2,1-2H3,(H,18,20). The lowest BCUT2D eigenvalue weighted by atomic mass is 10.00. The summed E-state index contributed by atoms with van der Waals surface area (Å²) in [5.74, 6) is 0.634. The Kier molecular flexibility index (Phi) is 5.44. The Morgan fingerprint density at radius 1 is 1.48 bits per heavy atom. The van der Waals surface area contributed by atoms with Crippen LogP contribution >= 0.6 is 0 Å². The number of carbonyl (C=O) groups excluding carboxylic acids is 1. The molecular formula is C16H25N3O2. The van der Waals surface area contributed by atoms with Crippen LogP contribution in [0.25, 0.3) is 0 Å². The van der Waals surface area contributed by atoms with Crippen LogP contribution in [0.3, 0.4) is 0 Å². The summed E-state index contributed by atoms with van der Waals surface area (Å²) in [4.78, 5) is 14.5. The normalized spacial score (nSPS) is 19.2. The number of rotatable bonds is 5. The molecule has 1 saturated heterocycles. The van der Waals surface area contributed by atoms with Crippen LogP contribution in [0.5, 0.6) is 5.75 Å². The monoisotopic (exact) mass is 291 g/mol. The Labute approximate surface area is 126 Å². The van der Waals surface area contributed by atoms with Gasteiger partial charge in [0.05, 0.1) is 19.3 Å². The molecule has 0 aliphatic carbocycles. The number of nitrogens with two attached hydrogens (primary N) is 1. The lowest BCUT2D eigenvalue weighted by Crippen LogP contribution is -2.43.